The number of benzene rings is 1. The summed E-state index contributed by atoms with van der Waals surface area (Å²) in [6, 6.07) is 9.90. The number of nitrogens with one attached hydrogen (secondary N) is 1. The predicted octanol–water partition coefficient (Wildman–Crippen LogP) is 2.74. The van der Waals surface area contributed by atoms with Gasteiger partial charge in [0, 0.05) is 19.6 Å². The molecule has 0 aliphatic heterocycles. The number of anilines is 1. The largest absolute Gasteiger partial charge is 0.365 e. The van der Waals surface area contributed by atoms with E-state index >= 15 is 0 Å². The van der Waals surface area contributed by atoms with Crippen LogP contribution in [0.4, 0.5) is 5.82 Å². The fraction of sp³-hybridized carbons (Fsp3) is 0.235. The number of nitrogens with zero attached hydrogens (tertiary/aromatic N) is 3. The number of aromatic nitrogens is 2. The van der Waals surface area contributed by atoms with E-state index in [2.05, 4.69) is 21.9 Å². The summed E-state index contributed by atoms with van der Waals surface area (Å²) in [4.78, 5) is 22.6. The zero-order valence-corrected chi connectivity index (χ0v) is 12.7. The third kappa shape index (κ3) is 4.15. The summed E-state index contributed by atoms with van der Waals surface area (Å²) in [5, 5.41) is 3.03. The molecule has 0 atom stereocenters. The van der Waals surface area contributed by atoms with Gasteiger partial charge >= 0.3 is 0 Å². The molecule has 1 amide bonds. The number of carbonyl (C=O) groups excluding carboxylic acids is 1. The minimum atomic E-state index is -0.117. The second-order valence-electron chi connectivity index (χ2n) is 4.76. The summed E-state index contributed by atoms with van der Waals surface area (Å²) in [6.07, 6.45) is 4.80. The maximum atomic E-state index is 12.5. The van der Waals surface area contributed by atoms with Gasteiger partial charge in [0.05, 0.1) is 12.4 Å². The highest BCUT2D eigenvalue weighted by atomic mass is 16.2. The van der Waals surface area contributed by atoms with Crippen LogP contribution in [0.15, 0.2) is 55.4 Å². The lowest BCUT2D eigenvalue weighted by atomic mass is 10.2. The number of carbonyl (C=O) groups is 1. The first kappa shape index (κ1) is 15.7. The maximum absolute atomic E-state index is 12.5. The summed E-state index contributed by atoms with van der Waals surface area (Å²) < 4.78 is 0. The van der Waals surface area contributed by atoms with Crippen molar-refractivity contribution in [3.8, 4) is 0 Å². The standard InChI is InChI=1S/C17H20N4O/c1-3-10-18-16-12-19-15(11-20-16)17(22)21(4-2)13-14-8-6-5-7-9-14/h3,5-9,11-12H,1,4,10,13H2,2H3,(H,18,20). The van der Waals surface area contributed by atoms with Crippen LogP contribution >= 0.6 is 0 Å². The van der Waals surface area contributed by atoms with E-state index in [4.69, 9.17) is 0 Å². The summed E-state index contributed by atoms with van der Waals surface area (Å²) in [5.41, 5.74) is 1.44. The molecule has 0 saturated carbocycles. The zero-order chi connectivity index (χ0) is 15.8. The van der Waals surface area contributed by atoms with E-state index in [0.29, 0.717) is 31.1 Å². The first-order chi connectivity index (χ1) is 10.7. The van der Waals surface area contributed by atoms with Crippen molar-refractivity contribution in [1.82, 2.24) is 14.9 Å². The van der Waals surface area contributed by atoms with Crippen molar-refractivity contribution < 1.29 is 4.79 Å². The quantitative estimate of drug-likeness (QED) is 0.798. The molecule has 5 heteroatoms. The lowest BCUT2D eigenvalue weighted by molar-refractivity contribution is 0.0746. The molecule has 0 spiro atoms. The van der Waals surface area contributed by atoms with Crippen molar-refractivity contribution in [1.29, 1.82) is 0 Å². The second kappa shape index (κ2) is 7.93. The van der Waals surface area contributed by atoms with Gasteiger partial charge in [0.15, 0.2) is 0 Å². The summed E-state index contributed by atoms with van der Waals surface area (Å²) in [7, 11) is 0. The molecule has 0 saturated heterocycles. The van der Waals surface area contributed by atoms with Gasteiger partial charge in [0.2, 0.25) is 0 Å². The van der Waals surface area contributed by atoms with Crippen LogP contribution in [-0.2, 0) is 6.54 Å². The minimum Gasteiger partial charge on any atom is -0.365 e. The molecule has 2 rings (SSSR count). The van der Waals surface area contributed by atoms with Crippen molar-refractivity contribution in [3.63, 3.8) is 0 Å². The fourth-order valence-corrected chi connectivity index (χ4v) is 2.00. The predicted molar refractivity (Wildman–Crippen MR) is 87.6 cm³/mol. The van der Waals surface area contributed by atoms with Gasteiger partial charge < -0.3 is 10.2 Å². The summed E-state index contributed by atoms with van der Waals surface area (Å²) in [5.74, 6) is 0.511. The van der Waals surface area contributed by atoms with Crippen LogP contribution in [0.3, 0.4) is 0 Å². The third-order valence-electron chi connectivity index (χ3n) is 3.18. The number of hydrogen-bond acceptors (Lipinski definition) is 4. The van der Waals surface area contributed by atoms with Crippen molar-refractivity contribution in [3.05, 3.63) is 66.6 Å². The highest BCUT2D eigenvalue weighted by Crippen LogP contribution is 2.09. The van der Waals surface area contributed by atoms with E-state index in [9.17, 15) is 4.79 Å². The summed E-state index contributed by atoms with van der Waals surface area (Å²) in [6.45, 7) is 7.37. The minimum absolute atomic E-state index is 0.117. The Kier molecular flexibility index (Phi) is 5.65. The molecular weight excluding hydrogens is 276 g/mol. The van der Waals surface area contributed by atoms with Crippen LogP contribution in [0.5, 0.6) is 0 Å². The van der Waals surface area contributed by atoms with Gasteiger partial charge in [-0.15, -0.1) is 6.58 Å². The van der Waals surface area contributed by atoms with Gasteiger partial charge in [-0.25, -0.2) is 9.97 Å². The van der Waals surface area contributed by atoms with Gasteiger partial charge in [-0.3, -0.25) is 4.79 Å². The van der Waals surface area contributed by atoms with Gasteiger partial charge in [-0.2, -0.15) is 0 Å². The maximum Gasteiger partial charge on any atom is 0.274 e. The van der Waals surface area contributed by atoms with Crippen molar-refractivity contribution >= 4 is 11.7 Å². The molecule has 0 aliphatic rings. The van der Waals surface area contributed by atoms with Crippen LogP contribution in [0.2, 0.25) is 0 Å². The Morgan fingerprint density at radius 1 is 1.27 bits per heavy atom. The van der Waals surface area contributed by atoms with Crippen LogP contribution in [0.1, 0.15) is 23.0 Å². The van der Waals surface area contributed by atoms with Crippen LogP contribution in [0.25, 0.3) is 0 Å². The Balaban J connectivity index is 2.06. The lowest BCUT2D eigenvalue weighted by Gasteiger charge is -2.20. The topological polar surface area (TPSA) is 58.1 Å². The Bertz CT molecular complexity index is 610. The highest BCUT2D eigenvalue weighted by molar-refractivity contribution is 5.92. The molecular formula is C17H20N4O. The Morgan fingerprint density at radius 2 is 2.05 bits per heavy atom. The molecule has 22 heavy (non-hydrogen) atoms. The molecule has 1 N–H and O–H groups in total. The number of rotatable bonds is 7. The van der Waals surface area contributed by atoms with Crippen LogP contribution < -0.4 is 5.32 Å². The monoisotopic (exact) mass is 296 g/mol. The van der Waals surface area contributed by atoms with E-state index in [1.807, 2.05) is 37.3 Å². The SMILES string of the molecule is C=CCNc1cnc(C(=O)N(CC)Cc2ccccc2)cn1. The van der Waals surface area contributed by atoms with E-state index < -0.39 is 0 Å². The average molecular weight is 296 g/mol. The van der Waals surface area contributed by atoms with E-state index in [1.54, 1.807) is 17.2 Å². The molecule has 1 aromatic carbocycles. The van der Waals surface area contributed by atoms with Gasteiger partial charge in [0.1, 0.15) is 11.5 Å². The molecule has 2 aromatic rings. The average Bonchev–Trinajstić information content (AvgIpc) is 2.58. The normalized spacial score (nSPS) is 10.0. The van der Waals surface area contributed by atoms with Crippen molar-refractivity contribution in [2.75, 3.05) is 18.4 Å². The Labute approximate surface area is 130 Å². The molecule has 0 radical (unpaired) electrons. The second-order valence-corrected chi connectivity index (χ2v) is 4.76. The van der Waals surface area contributed by atoms with Crippen LogP contribution in [0, 0.1) is 0 Å². The molecule has 5 nitrogen and oxygen atoms in total. The molecule has 0 unspecified atom stereocenters. The summed E-state index contributed by atoms with van der Waals surface area (Å²) >= 11 is 0. The van der Waals surface area contributed by atoms with Gasteiger partial charge in [0.25, 0.3) is 5.91 Å². The lowest BCUT2D eigenvalue weighted by Crippen LogP contribution is -2.31. The highest BCUT2D eigenvalue weighted by Gasteiger charge is 2.16. The molecule has 114 valence electrons. The zero-order valence-electron chi connectivity index (χ0n) is 12.7. The molecule has 1 aromatic heterocycles. The molecule has 0 aliphatic carbocycles. The molecule has 1 heterocycles. The van der Waals surface area contributed by atoms with Gasteiger partial charge in [-0.1, -0.05) is 36.4 Å². The number of hydrogen-bond donors (Lipinski definition) is 1. The fourth-order valence-electron chi connectivity index (χ4n) is 2.00. The molecule has 0 bridgehead atoms. The van der Waals surface area contributed by atoms with E-state index in [1.165, 1.54) is 6.20 Å². The van der Waals surface area contributed by atoms with Crippen molar-refractivity contribution in [2.45, 2.75) is 13.5 Å². The van der Waals surface area contributed by atoms with Crippen LogP contribution in [-0.4, -0.2) is 33.9 Å². The first-order valence-electron chi connectivity index (χ1n) is 7.24. The Morgan fingerprint density at radius 3 is 2.64 bits per heavy atom. The third-order valence-corrected chi connectivity index (χ3v) is 3.18. The molecule has 0 fully saturated rings. The van der Waals surface area contributed by atoms with E-state index in [0.717, 1.165) is 5.56 Å². The smallest absolute Gasteiger partial charge is 0.274 e. The van der Waals surface area contributed by atoms with E-state index in [-0.39, 0.29) is 5.91 Å². The van der Waals surface area contributed by atoms with Gasteiger partial charge in [-0.05, 0) is 12.5 Å². The number of amides is 1. The van der Waals surface area contributed by atoms with Crippen molar-refractivity contribution in [2.24, 2.45) is 0 Å². The Hall–Kier alpha value is -2.69. The first-order valence-corrected chi connectivity index (χ1v) is 7.24.